The van der Waals surface area contributed by atoms with Gasteiger partial charge in [-0.1, -0.05) is 6.07 Å². The second kappa shape index (κ2) is 5.43. The van der Waals surface area contributed by atoms with E-state index in [4.69, 9.17) is 21.3 Å². The number of hydrogen-bond acceptors (Lipinski definition) is 5. The van der Waals surface area contributed by atoms with E-state index in [1.807, 2.05) is 25.1 Å². The van der Waals surface area contributed by atoms with Gasteiger partial charge in [0.2, 0.25) is 0 Å². The van der Waals surface area contributed by atoms with Gasteiger partial charge in [-0.15, -0.1) is 0 Å². The van der Waals surface area contributed by atoms with Gasteiger partial charge in [-0.3, -0.25) is 15.4 Å². The summed E-state index contributed by atoms with van der Waals surface area (Å²) in [4.78, 5) is 4.09. The van der Waals surface area contributed by atoms with Gasteiger partial charge in [0, 0.05) is 12.4 Å². The highest BCUT2D eigenvalue weighted by Crippen LogP contribution is 2.26. The van der Waals surface area contributed by atoms with Crippen LogP contribution in [0.25, 0.3) is 0 Å². The maximum Gasteiger partial charge on any atom is 0.198 e. The van der Waals surface area contributed by atoms with Crippen LogP contribution in [0.15, 0.2) is 30.6 Å². The van der Waals surface area contributed by atoms with Gasteiger partial charge in [-0.2, -0.15) is 0 Å². The zero-order valence-corrected chi connectivity index (χ0v) is 11.3. The molecule has 2 rings (SSSR count). The molecule has 1 aromatic heterocycles. The quantitative estimate of drug-likeness (QED) is 0.496. The van der Waals surface area contributed by atoms with Gasteiger partial charge >= 0.3 is 0 Å². The highest BCUT2D eigenvalue weighted by molar-refractivity contribution is 5.77. The minimum absolute atomic E-state index is 0.00330. The van der Waals surface area contributed by atoms with Gasteiger partial charge in [-0.25, -0.2) is 4.98 Å². The van der Waals surface area contributed by atoms with Gasteiger partial charge in [0.05, 0.1) is 12.8 Å². The standard InChI is InChI=1S/C13H16N6O/c1-8-3-4-10(20-2)9(7-8)18-12-11(14)19(13(15)16)6-5-17-12/h3-7,14H,1-2H3,(H3,15,16)(H,17,18). The van der Waals surface area contributed by atoms with Crippen molar-refractivity contribution in [3.8, 4) is 5.75 Å². The molecule has 0 amide bonds. The molecule has 2 aromatic rings. The summed E-state index contributed by atoms with van der Waals surface area (Å²) in [5, 5.41) is 18.4. The first-order valence-corrected chi connectivity index (χ1v) is 5.91. The number of benzene rings is 1. The Kier molecular flexibility index (Phi) is 3.69. The molecular weight excluding hydrogens is 256 g/mol. The first-order valence-electron chi connectivity index (χ1n) is 5.91. The fourth-order valence-electron chi connectivity index (χ4n) is 1.76. The van der Waals surface area contributed by atoms with Crippen LogP contribution in [-0.2, 0) is 0 Å². The van der Waals surface area contributed by atoms with E-state index >= 15 is 0 Å². The van der Waals surface area contributed by atoms with E-state index in [9.17, 15) is 0 Å². The first kappa shape index (κ1) is 13.6. The highest BCUT2D eigenvalue weighted by atomic mass is 16.5. The van der Waals surface area contributed by atoms with Crippen LogP contribution in [0.1, 0.15) is 5.56 Å². The van der Waals surface area contributed by atoms with Crippen molar-refractivity contribution >= 4 is 17.5 Å². The van der Waals surface area contributed by atoms with Crippen LogP contribution in [0.5, 0.6) is 5.75 Å². The number of aryl methyl sites for hydroxylation is 1. The smallest absolute Gasteiger partial charge is 0.198 e. The van der Waals surface area contributed by atoms with E-state index in [1.54, 1.807) is 7.11 Å². The molecule has 0 radical (unpaired) electrons. The van der Waals surface area contributed by atoms with Crippen molar-refractivity contribution in [2.45, 2.75) is 6.92 Å². The minimum atomic E-state index is -0.239. The van der Waals surface area contributed by atoms with Gasteiger partial charge in [0.1, 0.15) is 5.75 Å². The Balaban J connectivity index is 2.45. The number of methoxy groups -OCH3 is 1. The fraction of sp³-hybridized carbons (Fsp3) is 0.154. The van der Waals surface area contributed by atoms with Crippen LogP contribution in [0.3, 0.4) is 0 Å². The van der Waals surface area contributed by atoms with Crippen molar-refractivity contribution in [1.82, 2.24) is 9.55 Å². The Hall–Kier alpha value is -2.83. The van der Waals surface area contributed by atoms with Crippen LogP contribution in [-0.4, -0.2) is 22.6 Å². The molecule has 0 saturated heterocycles. The molecule has 0 aliphatic carbocycles. The zero-order chi connectivity index (χ0) is 14.7. The lowest BCUT2D eigenvalue weighted by Gasteiger charge is -2.12. The third kappa shape index (κ3) is 2.61. The molecule has 0 bridgehead atoms. The summed E-state index contributed by atoms with van der Waals surface area (Å²) in [7, 11) is 1.58. The Morgan fingerprint density at radius 1 is 1.45 bits per heavy atom. The lowest BCUT2D eigenvalue weighted by atomic mass is 10.2. The number of ether oxygens (including phenoxy) is 1. The molecule has 0 aliphatic heterocycles. The lowest BCUT2D eigenvalue weighted by molar-refractivity contribution is 0.416. The van der Waals surface area contributed by atoms with E-state index in [0.717, 1.165) is 5.56 Å². The zero-order valence-electron chi connectivity index (χ0n) is 11.3. The number of nitrogens with one attached hydrogen (secondary N) is 3. The van der Waals surface area contributed by atoms with E-state index in [1.165, 1.54) is 17.0 Å². The summed E-state index contributed by atoms with van der Waals surface area (Å²) < 4.78 is 6.48. The highest BCUT2D eigenvalue weighted by Gasteiger charge is 2.08. The number of nitrogen functional groups attached to an aromatic ring is 1. The number of hydrogen-bond donors (Lipinski definition) is 4. The summed E-state index contributed by atoms with van der Waals surface area (Å²) in [6.07, 6.45) is 2.94. The number of nitrogens with zero attached hydrogens (tertiary/aromatic N) is 2. The predicted octanol–water partition coefficient (Wildman–Crippen LogP) is 1.16. The van der Waals surface area contributed by atoms with E-state index in [0.29, 0.717) is 17.3 Å². The first-order chi connectivity index (χ1) is 9.52. The van der Waals surface area contributed by atoms with E-state index < -0.39 is 0 Å². The third-order valence-electron chi connectivity index (χ3n) is 2.75. The number of aromatic nitrogens is 2. The van der Waals surface area contributed by atoms with E-state index in [-0.39, 0.29) is 11.4 Å². The Labute approximate surface area is 116 Å². The molecule has 0 aliphatic rings. The molecule has 0 fully saturated rings. The molecule has 7 heteroatoms. The maximum atomic E-state index is 7.98. The fourth-order valence-corrected chi connectivity index (χ4v) is 1.76. The van der Waals surface area contributed by atoms with Crippen LogP contribution in [0, 0.1) is 17.7 Å². The number of rotatable bonds is 3. The summed E-state index contributed by atoms with van der Waals surface area (Å²) in [6.45, 7) is 1.96. The molecule has 0 saturated carbocycles. The molecule has 0 spiro atoms. The summed E-state index contributed by atoms with van der Waals surface area (Å²) in [6, 6.07) is 5.66. The van der Waals surface area contributed by atoms with Crippen molar-refractivity contribution in [2.75, 3.05) is 12.4 Å². The molecule has 7 nitrogen and oxygen atoms in total. The van der Waals surface area contributed by atoms with Crippen molar-refractivity contribution in [1.29, 1.82) is 10.8 Å². The van der Waals surface area contributed by atoms with Gasteiger partial charge in [-0.05, 0) is 24.6 Å². The monoisotopic (exact) mass is 272 g/mol. The van der Waals surface area contributed by atoms with Gasteiger partial charge in [0.25, 0.3) is 0 Å². The van der Waals surface area contributed by atoms with Crippen molar-refractivity contribution in [2.24, 2.45) is 5.73 Å². The Bertz CT molecular complexity index is 706. The van der Waals surface area contributed by atoms with Crippen LogP contribution >= 0.6 is 0 Å². The Morgan fingerprint density at radius 3 is 2.85 bits per heavy atom. The van der Waals surface area contributed by atoms with E-state index in [2.05, 4.69) is 10.3 Å². The molecule has 5 N–H and O–H groups in total. The Morgan fingerprint density at radius 2 is 2.20 bits per heavy atom. The second-order valence-electron chi connectivity index (χ2n) is 4.21. The number of nitrogens with two attached hydrogens (primary N) is 1. The van der Waals surface area contributed by atoms with Crippen molar-refractivity contribution < 1.29 is 4.74 Å². The average molecular weight is 272 g/mol. The van der Waals surface area contributed by atoms with Crippen LogP contribution < -0.4 is 21.3 Å². The second-order valence-corrected chi connectivity index (χ2v) is 4.21. The molecule has 1 heterocycles. The summed E-state index contributed by atoms with van der Waals surface area (Å²) in [5.41, 5.74) is 7.16. The molecule has 1 aromatic carbocycles. The molecule has 0 atom stereocenters. The molecule has 0 unspecified atom stereocenters. The summed E-state index contributed by atoms with van der Waals surface area (Å²) in [5.74, 6) is 0.707. The predicted molar refractivity (Wildman–Crippen MR) is 76.4 cm³/mol. The van der Waals surface area contributed by atoms with Crippen molar-refractivity contribution in [3.05, 3.63) is 41.6 Å². The average Bonchev–Trinajstić information content (AvgIpc) is 2.41. The maximum absolute atomic E-state index is 7.98. The largest absolute Gasteiger partial charge is 0.495 e. The topological polar surface area (TPSA) is 113 Å². The number of anilines is 2. The summed E-state index contributed by atoms with van der Waals surface area (Å²) >= 11 is 0. The molecule has 20 heavy (non-hydrogen) atoms. The van der Waals surface area contributed by atoms with Crippen LogP contribution in [0.4, 0.5) is 11.5 Å². The SMILES string of the molecule is COc1ccc(C)cc1Nc1nccn(C(=N)N)c1=N. The molecule has 104 valence electrons. The molecular formula is C13H16N6O. The van der Waals surface area contributed by atoms with Crippen molar-refractivity contribution in [3.63, 3.8) is 0 Å². The normalized spacial score (nSPS) is 10.1. The third-order valence-corrected chi connectivity index (χ3v) is 2.75. The lowest BCUT2D eigenvalue weighted by Crippen LogP contribution is -2.33. The minimum Gasteiger partial charge on any atom is -0.495 e. The van der Waals surface area contributed by atoms with Gasteiger partial charge in [0.15, 0.2) is 17.3 Å². The van der Waals surface area contributed by atoms with Crippen LogP contribution in [0.2, 0.25) is 0 Å². The van der Waals surface area contributed by atoms with Gasteiger partial charge < -0.3 is 15.8 Å².